The first-order chi connectivity index (χ1) is 16.2. The van der Waals surface area contributed by atoms with Gasteiger partial charge < -0.3 is 24.6 Å². The largest absolute Gasteiger partial charge is 0.491 e. The molecule has 0 fully saturated rings. The molecule has 4 N–H and O–H groups in total. The highest BCUT2D eigenvalue weighted by atomic mass is 16.6. The molecule has 3 aromatic rings. The molecule has 0 aliphatic rings. The van der Waals surface area contributed by atoms with E-state index in [0.29, 0.717) is 31.4 Å². The second kappa shape index (κ2) is 13.5. The second-order valence-corrected chi connectivity index (χ2v) is 6.90. The highest BCUT2D eigenvalue weighted by Crippen LogP contribution is 2.09. The van der Waals surface area contributed by atoms with E-state index in [1.807, 2.05) is 60.7 Å². The van der Waals surface area contributed by atoms with E-state index in [0.717, 1.165) is 11.3 Å². The fourth-order valence-corrected chi connectivity index (χ4v) is 2.60. The Balaban J connectivity index is 1.24. The molecule has 1 atom stereocenters. The zero-order chi connectivity index (χ0) is 23.1. The highest BCUT2D eigenvalue weighted by molar-refractivity contribution is 5.68. The number of aliphatic hydroxyl groups is 1. The molecule has 3 rings (SSSR count). The van der Waals surface area contributed by atoms with Crippen molar-refractivity contribution in [1.29, 1.82) is 0 Å². The minimum atomic E-state index is -0.637. The van der Waals surface area contributed by atoms with Gasteiger partial charge >= 0.3 is 6.09 Å². The van der Waals surface area contributed by atoms with Gasteiger partial charge in [0.15, 0.2) is 5.82 Å². The molecule has 1 aromatic heterocycles. The van der Waals surface area contributed by atoms with Crippen molar-refractivity contribution in [3.8, 4) is 11.6 Å². The summed E-state index contributed by atoms with van der Waals surface area (Å²) in [7, 11) is 0. The molecule has 10 nitrogen and oxygen atoms in total. The molecule has 0 aliphatic carbocycles. The maximum atomic E-state index is 11.7. The Labute approximate surface area is 191 Å². The Kier molecular flexibility index (Phi) is 9.73. The first-order valence-corrected chi connectivity index (χ1v) is 10.4. The Hall–Kier alpha value is -3.89. The molecule has 0 saturated carbocycles. The summed E-state index contributed by atoms with van der Waals surface area (Å²) in [6.45, 7) is 1.59. The van der Waals surface area contributed by atoms with Crippen molar-refractivity contribution in [2.75, 3.05) is 31.7 Å². The van der Waals surface area contributed by atoms with E-state index < -0.39 is 12.2 Å². The summed E-state index contributed by atoms with van der Waals surface area (Å²) in [5.41, 5.74) is 5.88. The third-order valence-electron chi connectivity index (χ3n) is 4.24. The van der Waals surface area contributed by atoms with Gasteiger partial charge in [0.25, 0.3) is 0 Å². The lowest BCUT2D eigenvalue weighted by Gasteiger charge is -2.13. The normalized spacial score (nSPS) is 11.3. The van der Waals surface area contributed by atoms with Crippen molar-refractivity contribution in [2.24, 2.45) is 0 Å². The summed E-state index contributed by atoms with van der Waals surface area (Å²) in [5, 5.41) is 20.9. The van der Waals surface area contributed by atoms with Crippen LogP contribution in [-0.2, 0) is 11.3 Å². The third-order valence-corrected chi connectivity index (χ3v) is 4.24. The van der Waals surface area contributed by atoms with E-state index in [4.69, 9.17) is 14.2 Å². The number of rotatable bonds is 13. The lowest BCUT2D eigenvalue weighted by Crippen LogP contribution is -2.33. The van der Waals surface area contributed by atoms with Crippen LogP contribution in [-0.4, -0.2) is 53.8 Å². The number of nitrogens with zero attached hydrogens (tertiary/aromatic N) is 2. The average molecular weight is 453 g/mol. The standard InChI is InChI=1S/C23H27N5O5/c29-19(17-32-20-9-5-2-6-10-20)15-24-13-14-31-22-12-11-21(25-27-22)26-28-23(30)33-16-18-7-3-1-4-8-18/h1-12,19,24,29H,13-17H2,(H,25,26)(H,28,30). The van der Waals surface area contributed by atoms with E-state index in [1.54, 1.807) is 12.1 Å². The second-order valence-electron chi connectivity index (χ2n) is 6.90. The van der Waals surface area contributed by atoms with Crippen LogP contribution in [0.4, 0.5) is 10.6 Å². The van der Waals surface area contributed by atoms with Crippen molar-refractivity contribution in [2.45, 2.75) is 12.7 Å². The monoisotopic (exact) mass is 453 g/mol. The van der Waals surface area contributed by atoms with Crippen LogP contribution < -0.4 is 25.6 Å². The zero-order valence-corrected chi connectivity index (χ0v) is 18.0. The van der Waals surface area contributed by atoms with Gasteiger partial charge in [0.05, 0.1) is 0 Å². The number of amides is 1. The van der Waals surface area contributed by atoms with Gasteiger partial charge in [0.1, 0.15) is 31.7 Å². The number of hydrogen-bond acceptors (Lipinski definition) is 9. The number of anilines is 1. The van der Waals surface area contributed by atoms with Gasteiger partial charge in [-0.3, -0.25) is 5.43 Å². The molecule has 174 valence electrons. The molecule has 10 heteroatoms. The van der Waals surface area contributed by atoms with Gasteiger partial charge in [0, 0.05) is 19.2 Å². The number of hydrazine groups is 1. The molecular formula is C23H27N5O5. The Morgan fingerprint density at radius 3 is 2.42 bits per heavy atom. The fraction of sp³-hybridized carbons (Fsp3) is 0.261. The summed E-state index contributed by atoms with van der Waals surface area (Å²) in [5.74, 6) is 1.39. The molecular weight excluding hydrogens is 426 g/mol. The van der Waals surface area contributed by atoms with Gasteiger partial charge in [0.2, 0.25) is 5.88 Å². The van der Waals surface area contributed by atoms with Gasteiger partial charge in [-0.2, -0.15) is 0 Å². The average Bonchev–Trinajstić information content (AvgIpc) is 2.87. The molecule has 2 aromatic carbocycles. The number of carbonyl (C=O) groups is 1. The predicted octanol–water partition coefficient (Wildman–Crippen LogP) is 2.14. The lowest BCUT2D eigenvalue weighted by molar-refractivity contribution is 0.105. The lowest BCUT2D eigenvalue weighted by atomic mass is 10.2. The van der Waals surface area contributed by atoms with Crippen LogP contribution in [0, 0.1) is 0 Å². The molecule has 1 heterocycles. The molecule has 1 amide bonds. The van der Waals surface area contributed by atoms with Crippen molar-refractivity contribution in [1.82, 2.24) is 20.9 Å². The van der Waals surface area contributed by atoms with Crippen LogP contribution in [0.15, 0.2) is 72.8 Å². The quantitative estimate of drug-likeness (QED) is 0.227. The van der Waals surface area contributed by atoms with Crippen LogP contribution in [0.25, 0.3) is 0 Å². The van der Waals surface area contributed by atoms with Crippen LogP contribution in [0.1, 0.15) is 5.56 Å². The molecule has 0 aliphatic heterocycles. The third kappa shape index (κ3) is 9.42. The van der Waals surface area contributed by atoms with Gasteiger partial charge in [-0.15, -0.1) is 10.2 Å². The van der Waals surface area contributed by atoms with E-state index in [9.17, 15) is 9.90 Å². The van der Waals surface area contributed by atoms with Crippen molar-refractivity contribution < 1.29 is 24.1 Å². The number of aliphatic hydroxyl groups excluding tert-OH is 1. The van der Waals surface area contributed by atoms with Crippen molar-refractivity contribution in [3.05, 3.63) is 78.4 Å². The maximum Gasteiger partial charge on any atom is 0.426 e. The molecule has 0 saturated heterocycles. The van der Waals surface area contributed by atoms with Crippen molar-refractivity contribution >= 4 is 11.9 Å². The number of para-hydroxylation sites is 1. The summed E-state index contributed by atoms with van der Waals surface area (Å²) in [4.78, 5) is 11.7. The Bertz CT molecular complexity index is 944. The number of aromatic nitrogens is 2. The first-order valence-electron chi connectivity index (χ1n) is 10.4. The molecule has 1 unspecified atom stereocenters. The van der Waals surface area contributed by atoms with Crippen LogP contribution in [0.2, 0.25) is 0 Å². The number of nitrogens with one attached hydrogen (secondary N) is 3. The van der Waals surface area contributed by atoms with E-state index in [-0.39, 0.29) is 13.2 Å². The Morgan fingerprint density at radius 2 is 1.70 bits per heavy atom. The summed E-state index contributed by atoms with van der Waals surface area (Å²) < 4.78 is 16.1. The SMILES string of the molecule is O=C(NNc1ccc(OCCNCC(O)COc2ccccc2)nn1)OCc1ccccc1. The summed E-state index contributed by atoms with van der Waals surface area (Å²) in [6, 6.07) is 21.9. The number of benzene rings is 2. The van der Waals surface area contributed by atoms with Gasteiger partial charge in [-0.05, 0) is 23.8 Å². The topological polar surface area (TPSA) is 127 Å². The maximum absolute atomic E-state index is 11.7. The summed E-state index contributed by atoms with van der Waals surface area (Å²) in [6.07, 6.45) is -1.27. The predicted molar refractivity (Wildman–Crippen MR) is 122 cm³/mol. The van der Waals surface area contributed by atoms with Crippen molar-refractivity contribution in [3.63, 3.8) is 0 Å². The highest BCUT2D eigenvalue weighted by Gasteiger charge is 2.06. The minimum Gasteiger partial charge on any atom is -0.491 e. The first kappa shape index (κ1) is 23.8. The van der Waals surface area contributed by atoms with E-state index >= 15 is 0 Å². The zero-order valence-electron chi connectivity index (χ0n) is 18.0. The number of carbonyl (C=O) groups excluding carboxylic acids is 1. The van der Waals surface area contributed by atoms with Crippen LogP contribution >= 0.6 is 0 Å². The van der Waals surface area contributed by atoms with Gasteiger partial charge in [-0.1, -0.05) is 48.5 Å². The van der Waals surface area contributed by atoms with E-state index in [2.05, 4.69) is 26.4 Å². The van der Waals surface area contributed by atoms with Crippen LogP contribution in [0.3, 0.4) is 0 Å². The smallest absolute Gasteiger partial charge is 0.426 e. The fourth-order valence-electron chi connectivity index (χ4n) is 2.60. The number of hydrogen-bond donors (Lipinski definition) is 4. The molecule has 0 radical (unpaired) electrons. The Morgan fingerprint density at radius 1 is 0.939 bits per heavy atom. The van der Waals surface area contributed by atoms with Crippen LogP contribution in [0.5, 0.6) is 11.6 Å². The molecule has 0 spiro atoms. The van der Waals surface area contributed by atoms with Gasteiger partial charge in [-0.25, -0.2) is 10.2 Å². The molecule has 0 bridgehead atoms. The molecule has 33 heavy (non-hydrogen) atoms. The van der Waals surface area contributed by atoms with E-state index in [1.165, 1.54) is 0 Å². The number of ether oxygens (including phenoxy) is 3. The minimum absolute atomic E-state index is 0.165. The summed E-state index contributed by atoms with van der Waals surface area (Å²) >= 11 is 0.